The predicted molar refractivity (Wildman–Crippen MR) is 84.8 cm³/mol. The number of aryl methyl sites for hydroxylation is 1. The van der Waals surface area contributed by atoms with E-state index in [4.69, 9.17) is 0 Å². The largest absolute Gasteiger partial charge is 0.348 e. The molecule has 1 N–H and O–H groups in total. The van der Waals surface area contributed by atoms with Gasteiger partial charge in [0.1, 0.15) is 5.69 Å². The molecule has 1 amide bonds. The summed E-state index contributed by atoms with van der Waals surface area (Å²) in [7, 11) is 1.73. The van der Waals surface area contributed by atoms with Crippen LogP contribution in [0.25, 0.3) is 11.5 Å². The molecule has 2 aromatic heterocycles. The lowest BCUT2D eigenvalue weighted by Crippen LogP contribution is -2.40. The monoisotopic (exact) mass is 369 g/mol. The van der Waals surface area contributed by atoms with Gasteiger partial charge in [0.2, 0.25) is 0 Å². The van der Waals surface area contributed by atoms with Gasteiger partial charge in [0, 0.05) is 13.1 Å². The lowest BCUT2D eigenvalue weighted by Gasteiger charge is -2.28. The SMILES string of the molecule is Cn1cncc1-c1ncc(F)c(C(=O)NC2CCC(OC(F)F)CC2)n1. The second-order valence-electron chi connectivity index (χ2n) is 6.12. The Morgan fingerprint density at radius 1 is 1.31 bits per heavy atom. The summed E-state index contributed by atoms with van der Waals surface area (Å²) in [5, 5.41) is 2.70. The number of aromatic nitrogens is 4. The average molecular weight is 369 g/mol. The van der Waals surface area contributed by atoms with E-state index in [1.807, 2.05) is 0 Å². The van der Waals surface area contributed by atoms with Crippen molar-refractivity contribution < 1.29 is 22.7 Å². The lowest BCUT2D eigenvalue weighted by molar-refractivity contribution is -0.170. The Hall–Kier alpha value is -2.49. The van der Waals surface area contributed by atoms with Gasteiger partial charge in [-0.3, -0.25) is 4.79 Å². The molecule has 0 aromatic carbocycles. The van der Waals surface area contributed by atoms with Gasteiger partial charge in [-0.15, -0.1) is 0 Å². The van der Waals surface area contributed by atoms with Gasteiger partial charge in [-0.1, -0.05) is 0 Å². The van der Waals surface area contributed by atoms with Crippen molar-refractivity contribution in [3.63, 3.8) is 0 Å². The Morgan fingerprint density at radius 3 is 2.65 bits per heavy atom. The van der Waals surface area contributed by atoms with Crippen LogP contribution in [0.5, 0.6) is 0 Å². The third-order valence-electron chi connectivity index (χ3n) is 4.31. The minimum atomic E-state index is -2.80. The molecule has 2 heterocycles. The van der Waals surface area contributed by atoms with Crippen LogP contribution in [0, 0.1) is 5.82 Å². The minimum Gasteiger partial charge on any atom is -0.348 e. The summed E-state index contributed by atoms with van der Waals surface area (Å²) in [6.07, 6.45) is 5.24. The first-order valence-corrected chi connectivity index (χ1v) is 8.17. The quantitative estimate of drug-likeness (QED) is 0.875. The zero-order chi connectivity index (χ0) is 18.7. The number of rotatable bonds is 5. The van der Waals surface area contributed by atoms with E-state index in [-0.39, 0.29) is 17.6 Å². The summed E-state index contributed by atoms with van der Waals surface area (Å²) in [4.78, 5) is 24.2. The van der Waals surface area contributed by atoms with Crippen LogP contribution in [0.3, 0.4) is 0 Å². The Morgan fingerprint density at radius 2 is 2.04 bits per heavy atom. The molecule has 2 aromatic rings. The topological polar surface area (TPSA) is 81.9 Å². The molecule has 1 aliphatic carbocycles. The Bertz CT molecular complexity index is 775. The molecule has 3 rings (SSSR count). The molecule has 0 spiro atoms. The fourth-order valence-electron chi connectivity index (χ4n) is 2.96. The van der Waals surface area contributed by atoms with Gasteiger partial charge in [-0.2, -0.15) is 8.78 Å². The first-order valence-electron chi connectivity index (χ1n) is 8.17. The lowest BCUT2D eigenvalue weighted by atomic mass is 9.93. The Labute approximate surface area is 147 Å². The number of carbonyl (C=O) groups is 1. The highest BCUT2D eigenvalue weighted by molar-refractivity contribution is 5.93. The molecule has 0 atom stereocenters. The Balaban J connectivity index is 1.66. The number of nitrogens with zero attached hydrogens (tertiary/aromatic N) is 4. The van der Waals surface area contributed by atoms with E-state index in [0.29, 0.717) is 31.4 Å². The normalized spacial score (nSPS) is 20.3. The van der Waals surface area contributed by atoms with Gasteiger partial charge < -0.3 is 14.6 Å². The van der Waals surface area contributed by atoms with E-state index in [1.54, 1.807) is 17.9 Å². The van der Waals surface area contributed by atoms with Crippen molar-refractivity contribution in [2.45, 2.75) is 44.4 Å². The standard InChI is InChI=1S/C16H18F3N5O2/c1-24-8-20-7-12(24)14-21-6-11(17)13(23-14)15(25)22-9-2-4-10(5-3-9)26-16(18)19/h6-10,16H,2-5H2,1H3,(H,22,25). The van der Waals surface area contributed by atoms with Gasteiger partial charge in [0.25, 0.3) is 5.91 Å². The minimum absolute atomic E-state index is 0.186. The number of alkyl halides is 2. The second-order valence-corrected chi connectivity index (χ2v) is 6.12. The second kappa shape index (κ2) is 7.81. The van der Waals surface area contributed by atoms with Crippen molar-refractivity contribution in [2.24, 2.45) is 7.05 Å². The van der Waals surface area contributed by atoms with E-state index >= 15 is 0 Å². The molecular weight excluding hydrogens is 351 g/mol. The number of imidazole rings is 1. The summed E-state index contributed by atoms with van der Waals surface area (Å²) in [6, 6.07) is -0.241. The zero-order valence-corrected chi connectivity index (χ0v) is 14.0. The summed E-state index contributed by atoms with van der Waals surface area (Å²) in [5.74, 6) is -1.31. The van der Waals surface area contributed by atoms with Gasteiger partial charge in [-0.25, -0.2) is 19.3 Å². The molecule has 0 saturated heterocycles. The molecule has 10 heteroatoms. The summed E-state index contributed by atoms with van der Waals surface area (Å²) >= 11 is 0. The smallest absolute Gasteiger partial charge is 0.345 e. The van der Waals surface area contributed by atoms with Crippen molar-refractivity contribution in [3.05, 3.63) is 30.2 Å². The van der Waals surface area contributed by atoms with Crippen LogP contribution in [0.1, 0.15) is 36.2 Å². The van der Waals surface area contributed by atoms with E-state index < -0.39 is 24.4 Å². The molecule has 1 fully saturated rings. The summed E-state index contributed by atoms with van der Waals surface area (Å²) in [5.41, 5.74) is 0.186. The molecule has 26 heavy (non-hydrogen) atoms. The van der Waals surface area contributed by atoms with E-state index in [0.717, 1.165) is 6.20 Å². The highest BCUT2D eigenvalue weighted by Crippen LogP contribution is 2.23. The Kier molecular flexibility index (Phi) is 5.50. The molecule has 1 saturated carbocycles. The number of amides is 1. The fourth-order valence-corrected chi connectivity index (χ4v) is 2.96. The number of halogens is 3. The third-order valence-corrected chi connectivity index (χ3v) is 4.31. The maximum Gasteiger partial charge on any atom is 0.345 e. The molecule has 1 aliphatic rings. The zero-order valence-electron chi connectivity index (χ0n) is 14.0. The first kappa shape index (κ1) is 18.3. The number of ether oxygens (including phenoxy) is 1. The molecule has 7 nitrogen and oxygen atoms in total. The van der Waals surface area contributed by atoms with Crippen LogP contribution in [0.15, 0.2) is 18.7 Å². The average Bonchev–Trinajstić information content (AvgIpc) is 3.02. The van der Waals surface area contributed by atoms with Crippen LogP contribution < -0.4 is 5.32 Å². The van der Waals surface area contributed by atoms with Gasteiger partial charge >= 0.3 is 6.61 Å². The van der Waals surface area contributed by atoms with E-state index in [2.05, 4.69) is 25.0 Å². The van der Waals surface area contributed by atoms with Crippen LogP contribution in [0.4, 0.5) is 13.2 Å². The van der Waals surface area contributed by atoms with Crippen LogP contribution in [0.2, 0.25) is 0 Å². The van der Waals surface area contributed by atoms with Gasteiger partial charge in [0.05, 0.1) is 24.8 Å². The molecule has 0 aliphatic heterocycles. The highest BCUT2D eigenvalue weighted by Gasteiger charge is 2.26. The van der Waals surface area contributed by atoms with Crippen molar-refractivity contribution in [1.82, 2.24) is 24.8 Å². The van der Waals surface area contributed by atoms with Crippen molar-refractivity contribution >= 4 is 5.91 Å². The number of hydrogen-bond acceptors (Lipinski definition) is 5. The molecule has 140 valence electrons. The number of nitrogens with one attached hydrogen (secondary N) is 1. The highest BCUT2D eigenvalue weighted by atomic mass is 19.3. The maximum atomic E-state index is 14.0. The van der Waals surface area contributed by atoms with Gasteiger partial charge in [-0.05, 0) is 25.7 Å². The van der Waals surface area contributed by atoms with Crippen molar-refractivity contribution in [3.8, 4) is 11.5 Å². The third kappa shape index (κ3) is 4.18. The number of carbonyl (C=O) groups excluding carboxylic acids is 1. The van der Waals surface area contributed by atoms with Crippen LogP contribution in [-0.4, -0.2) is 44.2 Å². The van der Waals surface area contributed by atoms with Crippen LogP contribution in [-0.2, 0) is 11.8 Å². The summed E-state index contributed by atoms with van der Waals surface area (Å²) < 4.78 is 44.6. The first-order chi connectivity index (χ1) is 12.4. The van der Waals surface area contributed by atoms with E-state index in [1.165, 1.54) is 6.20 Å². The molecule has 0 radical (unpaired) electrons. The molecular formula is C16H18F3N5O2. The van der Waals surface area contributed by atoms with Gasteiger partial charge in [0.15, 0.2) is 17.3 Å². The summed E-state index contributed by atoms with van der Waals surface area (Å²) in [6.45, 7) is -2.80. The maximum absolute atomic E-state index is 14.0. The predicted octanol–water partition coefficient (Wildman–Crippen LogP) is 2.30. The number of hydrogen-bond donors (Lipinski definition) is 1. The van der Waals surface area contributed by atoms with Crippen LogP contribution >= 0.6 is 0 Å². The van der Waals surface area contributed by atoms with E-state index in [9.17, 15) is 18.0 Å². The molecule has 0 bridgehead atoms. The van der Waals surface area contributed by atoms with Crippen molar-refractivity contribution in [1.29, 1.82) is 0 Å². The van der Waals surface area contributed by atoms with Crippen molar-refractivity contribution in [2.75, 3.05) is 0 Å². The molecule has 0 unspecified atom stereocenters. The fraction of sp³-hybridized carbons (Fsp3) is 0.500.